The third-order valence-corrected chi connectivity index (χ3v) is 3.11. The molecule has 0 saturated carbocycles. The van der Waals surface area contributed by atoms with E-state index in [1.54, 1.807) is 31.1 Å². The van der Waals surface area contributed by atoms with Crippen LogP contribution in [0.2, 0.25) is 0 Å². The monoisotopic (exact) mass is 270 g/mol. The number of rotatable bonds is 3. The zero-order valence-electron chi connectivity index (χ0n) is 11.5. The normalized spacial score (nSPS) is 10.8. The van der Waals surface area contributed by atoms with Gasteiger partial charge in [-0.15, -0.1) is 0 Å². The molecule has 0 bridgehead atoms. The lowest BCUT2D eigenvalue weighted by Gasteiger charge is -2.05. The van der Waals surface area contributed by atoms with Crippen LogP contribution in [-0.2, 0) is 0 Å². The van der Waals surface area contributed by atoms with Crippen molar-refractivity contribution in [3.63, 3.8) is 0 Å². The summed E-state index contributed by atoms with van der Waals surface area (Å²) in [6.07, 6.45) is 5.30. The molecule has 0 unspecified atom stereocenters. The van der Waals surface area contributed by atoms with E-state index in [9.17, 15) is 0 Å². The molecular weight excluding hydrogens is 256 g/mol. The predicted molar refractivity (Wildman–Crippen MR) is 74.1 cm³/mol. The second-order valence-electron chi connectivity index (χ2n) is 4.31. The molecule has 3 heterocycles. The van der Waals surface area contributed by atoms with E-state index < -0.39 is 0 Å². The largest absolute Gasteiger partial charge is 0.493 e. The van der Waals surface area contributed by atoms with Crippen LogP contribution in [0.3, 0.4) is 0 Å². The average Bonchev–Trinajstić information content (AvgIpc) is 2.89. The van der Waals surface area contributed by atoms with Gasteiger partial charge in [-0.05, 0) is 18.6 Å². The van der Waals surface area contributed by atoms with Crippen molar-refractivity contribution in [1.29, 1.82) is 0 Å². The van der Waals surface area contributed by atoms with Gasteiger partial charge < -0.3 is 9.47 Å². The van der Waals surface area contributed by atoms with Gasteiger partial charge in [-0.2, -0.15) is 5.10 Å². The molecule has 3 rings (SSSR count). The Kier molecular flexibility index (Phi) is 2.98. The molecule has 0 aromatic carbocycles. The third-order valence-electron chi connectivity index (χ3n) is 3.11. The van der Waals surface area contributed by atoms with Crippen molar-refractivity contribution < 1.29 is 9.47 Å². The van der Waals surface area contributed by atoms with Crippen molar-refractivity contribution in [3.05, 3.63) is 36.4 Å². The Labute approximate surface area is 116 Å². The molecule has 0 aliphatic rings. The Balaban J connectivity index is 2.19. The summed E-state index contributed by atoms with van der Waals surface area (Å²) < 4.78 is 12.1. The summed E-state index contributed by atoms with van der Waals surface area (Å²) in [7, 11) is 3.21. The highest BCUT2D eigenvalue weighted by atomic mass is 16.5. The molecule has 6 heteroatoms. The lowest BCUT2D eigenvalue weighted by Crippen LogP contribution is -1.97. The fraction of sp³-hybridized carbons (Fsp3) is 0.214. The Morgan fingerprint density at radius 1 is 1.20 bits per heavy atom. The summed E-state index contributed by atoms with van der Waals surface area (Å²) in [5, 5.41) is 4.31. The molecule has 0 atom stereocenters. The first-order chi connectivity index (χ1) is 9.72. The minimum absolute atomic E-state index is 0.562. The van der Waals surface area contributed by atoms with Crippen molar-refractivity contribution in [2.45, 2.75) is 6.92 Å². The number of ether oxygens (including phenoxy) is 2. The second kappa shape index (κ2) is 4.80. The first kappa shape index (κ1) is 12.4. The minimum atomic E-state index is 0.562. The number of nitrogens with zero attached hydrogens (tertiary/aromatic N) is 4. The lowest BCUT2D eigenvalue weighted by molar-refractivity contribution is 0.398. The predicted octanol–water partition coefficient (Wildman–Crippen LogP) is 2.12. The van der Waals surface area contributed by atoms with Gasteiger partial charge in [-0.25, -0.2) is 14.5 Å². The Hall–Kier alpha value is -2.63. The number of pyridine rings is 1. The van der Waals surface area contributed by atoms with Crippen molar-refractivity contribution in [2.24, 2.45) is 0 Å². The summed E-state index contributed by atoms with van der Waals surface area (Å²) in [5.74, 6) is 1.27. The van der Waals surface area contributed by atoms with Gasteiger partial charge in [0.15, 0.2) is 11.4 Å². The van der Waals surface area contributed by atoms with Crippen LogP contribution in [0.5, 0.6) is 11.6 Å². The Bertz CT molecular complexity index is 767. The van der Waals surface area contributed by atoms with Crippen LogP contribution in [0.15, 0.2) is 30.7 Å². The Morgan fingerprint density at radius 2 is 2.05 bits per heavy atom. The molecule has 0 saturated heterocycles. The van der Waals surface area contributed by atoms with Gasteiger partial charge in [0.1, 0.15) is 0 Å². The number of hydrogen-bond acceptors (Lipinski definition) is 5. The van der Waals surface area contributed by atoms with Crippen molar-refractivity contribution in [2.75, 3.05) is 14.2 Å². The SMILES string of the molecule is COc1cc(-c2cnn3cc(OC)c(C)nc23)ccn1. The maximum Gasteiger partial charge on any atom is 0.213 e. The van der Waals surface area contributed by atoms with Gasteiger partial charge in [-0.1, -0.05) is 0 Å². The first-order valence-corrected chi connectivity index (χ1v) is 6.12. The molecule has 3 aromatic rings. The van der Waals surface area contributed by atoms with Crippen molar-refractivity contribution in [3.8, 4) is 22.8 Å². The highest BCUT2D eigenvalue weighted by molar-refractivity contribution is 5.77. The molecule has 20 heavy (non-hydrogen) atoms. The smallest absolute Gasteiger partial charge is 0.213 e. The summed E-state index contributed by atoms with van der Waals surface area (Å²) in [4.78, 5) is 8.66. The molecular formula is C14H14N4O2. The number of aromatic nitrogens is 4. The van der Waals surface area contributed by atoms with E-state index in [1.807, 2.05) is 25.3 Å². The van der Waals surface area contributed by atoms with Crippen LogP contribution in [0.1, 0.15) is 5.69 Å². The minimum Gasteiger partial charge on any atom is -0.493 e. The van der Waals surface area contributed by atoms with E-state index in [0.717, 1.165) is 22.5 Å². The standard InChI is InChI=1S/C14H14N4O2/c1-9-12(19-2)8-18-14(17-9)11(7-16-18)10-4-5-15-13(6-10)20-3/h4-8H,1-3H3. The second-order valence-corrected chi connectivity index (χ2v) is 4.31. The van der Waals surface area contributed by atoms with Gasteiger partial charge in [0.05, 0.1) is 32.3 Å². The molecule has 0 fully saturated rings. The first-order valence-electron chi connectivity index (χ1n) is 6.12. The summed E-state index contributed by atoms with van der Waals surface area (Å²) in [5.41, 5.74) is 3.49. The fourth-order valence-corrected chi connectivity index (χ4v) is 2.07. The molecule has 0 spiro atoms. The molecule has 6 nitrogen and oxygen atoms in total. The van der Waals surface area contributed by atoms with Crippen molar-refractivity contribution in [1.82, 2.24) is 19.6 Å². The van der Waals surface area contributed by atoms with Crippen LogP contribution in [0, 0.1) is 6.92 Å². The summed E-state index contributed by atoms with van der Waals surface area (Å²) >= 11 is 0. The Morgan fingerprint density at radius 3 is 2.80 bits per heavy atom. The highest BCUT2D eigenvalue weighted by Gasteiger charge is 2.12. The fourth-order valence-electron chi connectivity index (χ4n) is 2.07. The number of methoxy groups -OCH3 is 2. The summed E-state index contributed by atoms with van der Waals surface area (Å²) in [6, 6.07) is 3.76. The van der Waals surface area contributed by atoms with Gasteiger partial charge in [0.2, 0.25) is 5.88 Å². The molecule has 0 aliphatic carbocycles. The number of fused-ring (bicyclic) bond motifs is 1. The van der Waals surface area contributed by atoms with Gasteiger partial charge in [0, 0.05) is 17.8 Å². The summed E-state index contributed by atoms with van der Waals surface area (Å²) in [6.45, 7) is 1.91. The van der Waals surface area contributed by atoms with Crippen LogP contribution >= 0.6 is 0 Å². The highest BCUT2D eigenvalue weighted by Crippen LogP contribution is 2.27. The maximum absolute atomic E-state index is 5.25. The number of hydrogen-bond donors (Lipinski definition) is 0. The maximum atomic E-state index is 5.25. The zero-order valence-corrected chi connectivity index (χ0v) is 11.5. The third kappa shape index (κ3) is 1.95. The molecule has 3 aromatic heterocycles. The molecule has 0 amide bonds. The van der Waals surface area contributed by atoms with E-state index in [0.29, 0.717) is 11.6 Å². The topological polar surface area (TPSA) is 61.5 Å². The van der Waals surface area contributed by atoms with E-state index in [-0.39, 0.29) is 0 Å². The van der Waals surface area contributed by atoms with Crippen LogP contribution in [0.4, 0.5) is 0 Å². The van der Waals surface area contributed by atoms with Gasteiger partial charge in [0.25, 0.3) is 0 Å². The van der Waals surface area contributed by atoms with Gasteiger partial charge in [-0.3, -0.25) is 0 Å². The van der Waals surface area contributed by atoms with Crippen LogP contribution in [0.25, 0.3) is 16.8 Å². The number of aryl methyl sites for hydroxylation is 1. The van der Waals surface area contributed by atoms with Crippen molar-refractivity contribution >= 4 is 5.65 Å². The van der Waals surface area contributed by atoms with Gasteiger partial charge >= 0.3 is 0 Å². The lowest BCUT2D eigenvalue weighted by atomic mass is 10.1. The quantitative estimate of drug-likeness (QED) is 0.729. The van der Waals surface area contributed by atoms with E-state index in [2.05, 4.69) is 15.1 Å². The van der Waals surface area contributed by atoms with Crippen LogP contribution < -0.4 is 9.47 Å². The van der Waals surface area contributed by atoms with E-state index in [4.69, 9.17) is 9.47 Å². The zero-order chi connectivity index (χ0) is 14.1. The molecule has 0 N–H and O–H groups in total. The van der Waals surface area contributed by atoms with E-state index in [1.165, 1.54) is 0 Å². The molecule has 102 valence electrons. The van der Waals surface area contributed by atoms with Crippen LogP contribution in [-0.4, -0.2) is 33.8 Å². The average molecular weight is 270 g/mol. The van der Waals surface area contributed by atoms with E-state index >= 15 is 0 Å². The molecule has 0 radical (unpaired) electrons. The molecule has 0 aliphatic heterocycles.